The Balaban J connectivity index is 3.87. The molecule has 1 amide bonds. The fraction of sp³-hybridized carbons (Fsp3) is 0.917. The molecule has 0 unspecified atom stereocenters. The molecule has 0 aliphatic carbocycles. The predicted molar refractivity (Wildman–Crippen MR) is 71.3 cm³/mol. The summed E-state index contributed by atoms with van der Waals surface area (Å²) in [6.07, 6.45) is -2.56. The Morgan fingerprint density at radius 2 is 1.84 bits per heavy atom. The van der Waals surface area contributed by atoms with Crippen LogP contribution in [-0.4, -0.2) is 37.2 Å². The van der Waals surface area contributed by atoms with Crippen LogP contribution in [0.1, 0.15) is 33.1 Å². The summed E-state index contributed by atoms with van der Waals surface area (Å²) in [6.45, 7) is 3.08. The topological polar surface area (TPSA) is 38.3 Å². The minimum atomic E-state index is -4.34. The molecule has 0 atom stereocenters. The third-order valence-corrected chi connectivity index (χ3v) is 4.37. The third kappa shape index (κ3) is 8.47. The van der Waals surface area contributed by atoms with E-state index in [2.05, 4.69) is 26.0 Å². The van der Waals surface area contributed by atoms with Gasteiger partial charge < -0.3 is 10.1 Å². The minimum Gasteiger partial charge on any atom is -0.372 e. The normalized spacial score (nSPS) is 12.5. The zero-order valence-electron chi connectivity index (χ0n) is 11.3. The van der Waals surface area contributed by atoms with Gasteiger partial charge in [0.2, 0.25) is 5.91 Å². The van der Waals surface area contributed by atoms with Gasteiger partial charge in [0.25, 0.3) is 0 Å². The molecule has 114 valence electrons. The Morgan fingerprint density at radius 1 is 1.26 bits per heavy atom. The Morgan fingerprint density at radius 3 is 2.26 bits per heavy atom. The molecule has 7 heteroatoms. The number of hydrogen-bond donors (Lipinski definition) is 1. The van der Waals surface area contributed by atoms with Crippen LogP contribution >= 0.6 is 15.9 Å². The molecule has 0 aromatic rings. The zero-order valence-corrected chi connectivity index (χ0v) is 12.9. The lowest BCUT2D eigenvalue weighted by atomic mass is 9.84. The summed E-state index contributed by atoms with van der Waals surface area (Å²) < 4.78 is 39.8. The van der Waals surface area contributed by atoms with Crippen LogP contribution in [0.5, 0.6) is 0 Å². The first-order valence-electron chi connectivity index (χ1n) is 6.25. The van der Waals surface area contributed by atoms with E-state index in [4.69, 9.17) is 0 Å². The summed E-state index contributed by atoms with van der Waals surface area (Å²) in [7, 11) is 0. The van der Waals surface area contributed by atoms with Crippen molar-refractivity contribution < 1.29 is 22.7 Å². The van der Waals surface area contributed by atoms with E-state index in [0.29, 0.717) is 6.54 Å². The zero-order chi connectivity index (χ0) is 14.9. The number of amides is 1. The highest BCUT2D eigenvalue weighted by Crippen LogP contribution is 2.27. The van der Waals surface area contributed by atoms with E-state index in [1.165, 1.54) is 0 Å². The molecule has 0 radical (unpaired) electrons. The summed E-state index contributed by atoms with van der Waals surface area (Å²) in [6, 6.07) is 0. The van der Waals surface area contributed by atoms with Crippen molar-refractivity contribution >= 4 is 21.8 Å². The number of hydrogen-bond acceptors (Lipinski definition) is 2. The number of ether oxygens (including phenoxy) is 1. The van der Waals surface area contributed by atoms with E-state index in [1.807, 2.05) is 13.8 Å². The summed E-state index contributed by atoms with van der Waals surface area (Å²) >= 11 is 3.43. The molecule has 1 N–H and O–H groups in total. The fourth-order valence-electron chi connectivity index (χ4n) is 1.46. The second kappa shape index (κ2) is 8.79. The SMILES string of the molecule is CCC(CC)(CBr)CNC(=O)CCOCC(F)(F)F. The molecular formula is C12H21BrF3NO2. The van der Waals surface area contributed by atoms with Gasteiger partial charge >= 0.3 is 6.18 Å². The highest BCUT2D eigenvalue weighted by Gasteiger charge is 2.28. The van der Waals surface area contributed by atoms with Crippen LogP contribution in [0.25, 0.3) is 0 Å². The van der Waals surface area contributed by atoms with Crippen molar-refractivity contribution in [1.82, 2.24) is 5.32 Å². The van der Waals surface area contributed by atoms with Gasteiger partial charge in [0.15, 0.2) is 0 Å². The molecule has 0 aromatic heterocycles. The van der Waals surface area contributed by atoms with Gasteiger partial charge in [0.05, 0.1) is 6.61 Å². The maximum Gasteiger partial charge on any atom is 0.411 e. The largest absolute Gasteiger partial charge is 0.411 e. The molecule has 0 saturated heterocycles. The second-order valence-electron chi connectivity index (χ2n) is 4.54. The average Bonchev–Trinajstić information content (AvgIpc) is 2.36. The number of alkyl halides is 4. The van der Waals surface area contributed by atoms with Gasteiger partial charge in [-0.3, -0.25) is 4.79 Å². The standard InChI is InChI=1S/C12H21BrF3NO2/c1-3-11(4-2,7-13)8-17-10(18)5-6-19-9-12(14,15)16/h3-9H2,1-2H3,(H,17,18). The van der Waals surface area contributed by atoms with Gasteiger partial charge in [-0.1, -0.05) is 29.8 Å². The fourth-order valence-corrected chi connectivity index (χ4v) is 2.45. The van der Waals surface area contributed by atoms with E-state index >= 15 is 0 Å². The summed E-state index contributed by atoms with van der Waals surface area (Å²) in [5.41, 5.74) is 0.00247. The molecule has 0 heterocycles. The van der Waals surface area contributed by atoms with Gasteiger partial charge in [0, 0.05) is 18.3 Å². The monoisotopic (exact) mass is 347 g/mol. The van der Waals surface area contributed by atoms with Crippen LogP contribution in [0.15, 0.2) is 0 Å². The first-order chi connectivity index (χ1) is 8.78. The number of carbonyl (C=O) groups is 1. The van der Waals surface area contributed by atoms with Gasteiger partial charge in [-0.15, -0.1) is 0 Å². The van der Waals surface area contributed by atoms with Gasteiger partial charge in [0.1, 0.15) is 6.61 Å². The number of rotatable bonds is 9. The van der Waals surface area contributed by atoms with Gasteiger partial charge in [-0.05, 0) is 18.3 Å². The molecule has 0 aromatic carbocycles. The minimum absolute atomic E-state index is 0.00247. The summed E-state index contributed by atoms with van der Waals surface area (Å²) in [5, 5.41) is 3.52. The third-order valence-electron chi connectivity index (χ3n) is 3.18. The average molecular weight is 348 g/mol. The number of nitrogens with one attached hydrogen (secondary N) is 1. The molecule has 0 fully saturated rings. The van der Waals surface area contributed by atoms with Crippen LogP contribution in [0.3, 0.4) is 0 Å². The Bertz CT molecular complexity index is 260. The number of halogens is 4. The van der Waals surface area contributed by atoms with Crippen LogP contribution < -0.4 is 5.32 Å². The Labute approximate surface area is 120 Å². The van der Waals surface area contributed by atoms with Crippen LogP contribution in [0.2, 0.25) is 0 Å². The van der Waals surface area contributed by atoms with Crippen molar-refractivity contribution in [3.05, 3.63) is 0 Å². The maximum absolute atomic E-state index is 11.8. The molecule has 0 spiro atoms. The lowest BCUT2D eigenvalue weighted by Crippen LogP contribution is -2.38. The Kier molecular flexibility index (Phi) is 8.65. The molecule has 0 saturated carbocycles. The van der Waals surface area contributed by atoms with E-state index in [0.717, 1.165) is 18.2 Å². The lowest BCUT2D eigenvalue weighted by Gasteiger charge is -2.29. The molecule has 0 aliphatic heterocycles. The van der Waals surface area contributed by atoms with Crippen LogP contribution in [-0.2, 0) is 9.53 Å². The smallest absolute Gasteiger partial charge is 0.372 e. The molecule has 0 bridgehead atoms. The molecule has 3 nitrogen and oxygen atoms in total. The maximum atomic E-state index is 11.8. The van der Waals surface area contributed by atoms with Gasteiger partial charge in [-0.25, -0.2) is 0 Å². The highest BCUT2D eigenvalue weighted by molar-refractivity contribution is 9.09. The van der Waals surface area contributed by atoms with E-state index < -0.39 is 12.8 Å². The Hall–Kier alpha value is -0.300. The molecular weight excluding hydrogens is 327 g/mol. The van der Waals surface area contributed by atoms with E-state index in [-0.39, 0.29) is 24.3 Å². The lowest BCUT2D eigenvalue weighted by molar-refractivity contribution is -0.174. The van der Waals surface area contributed by atoms with Crippen molar-refractivity contribution in [1.29, 1.82) is 0 Å². The summed E-state index contributed by atoms with van der Waals surface area (Å²) in [5.74, 6) is -0.283. The number of carbonyl (C=O) groups excluding carboxylic acids is 1. The van der Waals surface area contributed by atoms with Crippen molar-refractivity contribution in [3.8, 4) is 0 Å². The highest BCUT2D eigenvalue weighted by atomic mass is 79.9. The second-order valence-corrected chi connectivity index (χ2v) is 5.10. The summed E-state index contributed by atoms with van der Waals surface area (Å²) in [4.78, 5) is 11.5. The van der Waals surface area contributed by atoms with E-state index in [9.17, 15) is 18.0 Å². The van der Waals surface area contributed by atoms with Crippen LogP contribution in [0, 0.1) is 5.41 Å². The van der Waals surface area contributed by atoms with Gasteiger partial charge in [-0.2, -0.15) is 13.2 Å². The molecule has 19 heavy (non-hydrogen) atoms. The van der Waals surface area contributed by atoms with E-state index in [1.54, 1.807) is 0 Å². The van der Waals surface area contributed by atoms with Crippen molar-refractivity contribution in [3.63, 3.8) is 0 Å². The van der Waals surface area contributed by atoms with Crippen molar-refractivity contribution in [2.75, 3.05) is 25.1 Å². The quantitative estimate of drug-likeness (QED) is 0.513. The molecule has 0 aliphatic rings. The first kappa shape index (κ1) is 18.7. The molecule has 0 rings (SSSR count). The van der Waals surface area contributed by atoms with Crippen LogP contribution in [0.4, 0.5) is 13.2 Å². The first-order valence-corrected chi connectivity index (χ1v) is 7.38. The van der Waals surface area contributed by atoms with Crippen molar-refractivity contribution in [2.24, 2.45) is 5.41 Å². The van der Waals surface area contributed by atoms with Crippen molar-refractivity contribution in [2.45, 2.75) is 39.3 Å². The predicted octanol–water partition coefficient (Wildman–Crippen LogP) is 3.27.